The average molecular weight is 355 g/mol. The minimum absolute atomic E-state index is 0.0748. The Morgan fingerprint density at radius 1 is 1.04 bits per heavy atom. The Balaban J connectivity index is 1.57. The van der Waals surface area contributed by atoms with Gasteiger partial charge < -0.3 is 14.8 Å². The number of rotatable bonds is 5. The predicted octanol–water partition coefficient (Wildman–Crippen LogP) is 3.96. The summed E-state index contributed by atoms with van der Waals surface area (Å²) >= 11 is 1.55. The van der Waals surface area contributed by atoms with Crippen molar-refractivity contribution in [3.05, 3.63) is 54.1 Å². The first kappa shape index (κ1) is 16.3. The second-order valence-electron chi connectivity index (χ2n) is 6.35. The van der Waals surface area contributed by atoms with Gasteiger partial charge >= 0.3 is 0 Å². The fourth-order valence-corrected chi connectivity index (χ4v) is 3.82. The summed E-state index contributed by atoms with van der Waals surface area (Å²) in [5, 5.41) is 2.86. The first-order valence-electron chi connectivity index (χ1n) is 8.71. The van der Waals surface area contributed by atoms with Gasteiger partial charge in [0.2, 0.25) is 5.91 Å². The number of fused-ring (bicyclic) bond motifs is 1. The van der Waals surface area contributed by atoms with E-state index in [1.807, 2.05) is 48.5 Å². The monoisotopic (exact) mass is 355 g/mol. The van der Waals surface area contributed by atoms with Crippen LogP contribution in [-0.2, 0) is 4.79 Å². The summed E-state index contributed by atoms with van der Waals surface area (Å²) in [5.74, 6) is 1.61. The van der Waals surface area contributed by atoms with Gasteiger partial charge in [0.15, 0.2) is 11.5 Å². The molecule has 0 spiro atoms. The zero-order valence-corrected chi connectivity index (χ0v) is 14.8. The molecule has 0 saturated heterocycles. The van der Waals surface area contributed by atoms with E-state index in [9.17, 15) is 4.79 Å². The molecule has 1 amide bonds. The molecule has 0 radical (unpaired) electrons. The van der Waals surface area contributed by atoms with Crippen LogP contribution in [0.4, 0.5) is 0 Å². The molecule has 1 aliphatic heterocycles. The van der Waals surface area contributed by atoms with Gasteiger partial charge in [-0.1, -0.05) is 30.3 Å². The number of carbonyl (C=O) groups excluding carboxylic acids is 1. The topological polar surface area (TPSA) is 47.6 Å². The zero-order chi connectivity index (χ0) is 17.1. The minimum atomic E-state index is -0.272. The molecule has 0 unspecified atom stereocenters. The van der Waals surface area contributed by atoms with E-state index < -0.39 is 0 Å². The number of amides is 1. The molecule has 5 heteroatoms. The van der Waals surface area contributed by atoms with Crippen molar-refractivity contribution in [1.29, 1.82) is 0 Å². The van der Waals surface area contributed by atoms with Crippen molar-refractivity contribution >= 4 is 17.7 Å². The van der Waals surface area contributed by atoms with Gasteiger partial charge in [-0.25, -0.2) is 0 Å². The summed E-state index contributed by atoms with van der Waals surface area (Å²) in [6.45, 7) is 1.33. The van der Waals surface area contributed by atoms with Crippen LogP contribution in [0.1, 0.15) is 30.1 Å². The van der Waals surface area contributed by atoms with Gasteiger partial charge in [0.25, 0.3) is 0 Å². The molecule has 1 fully saturated rings. The van der Waals surface area contributed by atoms with Crippen molar-refractivity contribution < 1.29 is 14.3 Å². The Bertz CT molecular complexity index is 746. The molecule has 2 aromatic carbocycles. The number of carbonyl (C=O) groups is 1. The van der Waals surface area contributed by atoms with Gasteiger partial charge in [0, 0.05) is 17.4 Å². The molecule has 1 heterocycles. The summed E-state index contributed by atoms with van der Waals surface area (Å²) in [6.07, 6.45) is 3.05. The third-order valence-electron chi connectivity index (χ3n) is 4.24. The van der Waals surface area contributed by atoms with E-state index in [4.69, 9.17) is 9.47 Å². The van der Waals surface area contributed by atoms with Crippen molar-refractivity contribution in [2.24, 2.45) is 0 Å². The number of benzene rings is 2. The fourth-order valence-electron chi connectivity index (χ4n) is 2.76. The largest absolute Gasteiger partial charge is 0.490 e. The number of hydrogen-bond acceptors (Lipinski definition) is 4. The molecular formula is C20H21NO3S. The lowest BCUT2D eigenvalue weighted by Crippen LogP contribution is -2.29. The molecular weight excluding hydrogens is 334 g/mol. The second-order valence-corrected chi connectivity index (χ2v) is 7.53. The van der Waals surface area contributed by atoms with Crippen LogP contribution in [0, 0.1) is 0 Å². The van der Waals surface area contributed by atoms with E-state index in [0.717, 1.165) is 41.2 Å². The van der Waals surface area contributed by atoms with E-state index >= 15 is 0 Å². The van der Waals surface area contributed by atoms with Crippen LogP contribution in [0.3, 0.4) is 0 Å². The molecule has 2 aromatic rings. The Morgan fingerprint density at radius 2 is 1.80 bits per heavy atom. The first-order valence-corrected chi connectivity index (χ1v) is 9.59. The van der Waals surface area contributed by atoms with Crippen LogP contribution in [0.15, 0.2) is 53.4 Å². The molecule has 1 saturated carbocycles. The molecule has 0 bridgehead atoms. The second kappa shape index (κ2) is 7.40. The van der Waals surface area contributed by atoms with Gasteiger partial charge in [-0.2, -0.15) is 0 Å². The maximum absolute atomic E-state index is 12.8. The van der Waals surface area contributed by atoms with Gasteiger partial charge in [0.1, 0.15) is 5.25 Å². The standard InChI is InChI=1S/C20H21NO3S/c22-20(21-15-7-8-15)19(14-5-2-1-3-6-14)25-16-9-10-17-18(13-16)24-12-4-11-23-17/h1-3,5-6,9-10,13,15,19H,4,7-8,11-12H2,(H,21,22)/t19-/m1/s1. The van der Waals surface area contributed by atoms with Crippen molar-refractivity contribution in [2.75, 3.05) is 13.2 Å². The van der Waals surface area contributed by atoms with E-state index in [1.54, 1.807) is 11.8 Å². The normalized spacial score (nSPS) is 17.4. The highest BCUT2D eigenvalue weighted by molar-refractivity contribution is 8.00. The summed E-state index contributed by atoms with van der Waals surface area (Å²) in [5.41, 5.74) is 1.01. The van der Waals surface area contributed by atoms with Crippen LogP contribution in [-0.4, -0.2) is 25.2 Å². The third kappa shape index (κ3) is 4.10. The molecule has 25 heavy (non-hydrogen) atoms. The van der Waals surface area contributed by atoms with Crippen LogP contribution < -0.4 is 14.8 Å². The minimum Gasteiger partial charge on any atom is -0.490 e. The number of nitrogens with one attached hydrogen (secondary N) is 1. The Labute approximate surface area is 151 Å². The van der Waals surface area contributed by atoms with Gasteiger partial charge in [0.05, 0.1) is 13.2 Å². The highest BCUT2D eigenvalue weighted by atomic mass is 32.2. The number of thioether (sulfide) groups is 1. The smallest absolute Gasteiger partial charge is 0.238 e. The fraction of sp³-hybridized carbons (Fsp3) is 0.350. The lowest BCUT2D eigenvalue weighted by Gasteiger charge is -2.18. The lowest BCUT2D eigenvalue weighted by atomic mass is 10.1. The molecule has 1 N–H and O–H groups in total. The first-order chi connectivity index (χ1) is 12.3. The lowest BCUT2D eigenvalue weighted by molar-refractivity contribution is -0.120. The average Bonchev–Trinajstić information content (AvgIpc) is 3.47. The maximum Gasteiger partial charge on any atom is 0.238 e. The summed E-state index contributed by atoms with van der Waals surface area (Å²) < 4.78 is 11.5. The predicted molar refractivity (Wildman–Crippen MR) is 98.3 cm³/mol. The molecule has 0 aromatic heterocycles. The Kier molecular flexibility index (Phi) is 4.83. The van der Waals surface area contributed by atoms with Gasteiger partial charge in [-0.3, -0.25) is 4.79 Å². The van der Waals surface area contributed by atoms with Crippen molar-refractivity contribution in [3.8, 4) is 11.5 Å². The van der Waals surface area contributed by atoms with Crippen LogP contribution >= 0.6 is 11.8 Å². The highest BCUT2D eigenvalue weighted by Crippen LogP contribution is 2.40. The van der Waals surface area contributed by atoms with Crippen molar-refractivity contribution in [2.45, 2.75) is 35.4 Å². The summed E-state index contributed by atoms with van der Waals surface area (Å²) in [4.78, 5) is 13.8. The number of hydrogen-bond donors (Lipinski definition) is 1. The third-order valence-corrected chi connectivity index (χ3v) is 5.49. The Morgan fingerprint density at radius 3 is 2.56 bits per heavy atom. The molecule has 1 atom stereocenters. The number of ether oxygens (including phenoxy) is 2. The van der Waals surface area contributed by atoms with Gasteiger partial charge in [-0.15, -0.1) is 11.8 Å². The molecule has 1 aliphatic carbocycles. The van der Waals surface area contributed by atoms with Crippen LogP contribution in [0.2, 0.25) is 0 Å². The maximum atomic E-state index is 12.8. The van der Waals surface area contributed by atoms with E-state index in [-0.39, 0.29) is 11.2 Å². The SMILES string of the molecule is O=C(NC1CC1)[C@H](Sc1ccc2c(c1)OCCCO2)c1ccccc1. The van der Waals surface area contributed by atoms with E-state index in [1.165, 1.54) is 0 Å². The van der Waals surface area contributed by atoms with Crippen LogP contribution in [0.5, 0.6) is 11.5 Å². The van der Waals surface area contributed by atoms with Crippen molar-refractivity contribution in [1.82, 2.24) is 5.32 Å². The zero-order valence-electron chi connectivity index (χ0n) is 13.9. The van der Waals surface area contributed by atoms with Crippen molar-refractivity contribution in [3.63, 3.8) is 0 Å². The summed E-state index contributed by atoms with van der Waals surface area (Å²) in [6, 6.07) is 16.2. The quantitative estimate of drug-likeness (QED) is 0.825. The molecule has 2 aliphatic rings. The molecule has 4 rings (SSSR count). The van der Waals surface area contributed by atoms with E-state index in [0.29, 0.717) is 19.3 Å². The van der Waals surface area contributed by atoms with E-state index in [2.05, 4.69) is 5.32 Å². The highest BCUT2D eigenvalue weighted by Gasteiger charge is 2.29. The molecule has 130 valence electrons. The molecule has 4 nitrogen and oxygen atoms in total. The summed E-state index contributed by atoms with van der Waals surface area (Å²) in [7, 11) is 0. The van der Waals surface area contributed by atoms with Crippen LogP contribution in [0.25, 0.3) is 0 Å². The Hall–Kier alpha value is -2.14. The van der Waals surface area contributed by atoms with Gasteiger partial charge in [-0.05, 0) is 36.6 Å².